The van der Waals surface area contributed by atoms with Gasteiger partial charge in [0, 0.05) is 58.8 Å². The fourth-order valence-electron chi connectivity index (χ4n) is 7.54. The van der Waals surface area contributed by atoms with E-state index in [0.29, 0.717) is 0 Å². The third kappa shape index (κ3) is 4.40. The van der Waals surface area contributed by atoms with Gasteiger partial charge in [0.05, 0.1) is 5.69 Å². The molecule has 0 atom stereocenters. The van der Waals surface area contributed by atoms with Gasteiger partial charge in [-0.15, -0.1) is 11.3 Å². The third-order valence-electron chi connectivity index (χ3n) is 9.68. The number of rotatable bonds is 5. The molecule has 0 saturated carbocycles. The molecule has 230 valence electrons. The Kier molecular flexibility index (Phi) is 6.39. The summed E-state index contributed by atoms with van der Waals surface area (Å²) in [6.07, 6.45) is 0. The Morgan fingerprint density at radius 2 is 0.980 bits per heavy atom. The van der Waals surface area contributed by atoms with E-state index < -0.39 is 0 Å². The summed E-state index contributed by atoms with van der Waals surface area (Å²) >= 11 is 1.87. The summed E-state index contributed by atoms with van der Waals surface area (Å²) in [6, 6.07) is 63.0. The van der Waals surface area contributed by atoms with Crippen LogP contribution in [0.1, 0.15) is 0 Å². The molecule has 0 spiro atoms. The lowest BCUT2D eigenvalue weighted by Gasteiger charge is -2.27. The Bertz CT molecular complexity index is 2790. The number of fused-ring (bicyclic) bond motifs is 7. The zero-order chi connectivity index (χ0) is 32.3. The number of hydrogen-bond donors (Lipinski definition) is 0. The van der Waals surface area contributed by atoms with E-state index in [4.69, 9.17) is 4.42 Å². The van der Waals surface area contributed by atoms with Gasteiger partial charge in [0.1, 0.15) is 11.2 Å². The van der Waals surface area contributed by atoms with Crippen molar-refractivity contribution in [2.24, 2.45) is 0 Å². The number of nitrogens with zero attached hydrogens (tertiary/aromatic N) is 1. The van der Waals surface area contributed by atoms with Crippen LogP contribution in [-0.4, -0.2) is 0 Å². The highest BCUT2D eigenvalue weighted by atomic mass is 32.1. The van der Waals surface area contributed by atoms with E-state index in [1.165, 1.54) is 47.6 Å². The van der Waals surface area contributed by atoms with Crippen molar-refractivity contribution in [3.63, 3.8) is 0 Å². The lowest BCUT2D eigenvalue weighted by atomic mass is 9.93. The molecule has 0 amide bonds. The minimum Gasteiger partial charge on any atom is -0.455 e. The van der Waals surface area contributed by atoms with E-state index in [1.54, 1.807) is 0 Å². The second-order valence-electron chi connectivity index (χ2n) is 12.4. The van der Waals surface area contributed by atoms with Crippen LogP contribution in [0.4, 0.5) is 17.1 Å². The molecular weight excluding hydrogens is 615 g/mol. The first kappa shape index (κ1) is 27.9. The van der Waals surface area contributed by atoms with Gasteiger partial charge >= 0.3 is 0 Å². The highest BCUT2D eigenvalue weighted by Gasteiger charge is 2.21. The predicted molar refractivity (Wildman–Crippen MR) is 210 cm³/mol. The second-order valence-corrected chi connectivity index (χ2v) is 13.5. The summed E-state index contributed by atoms with van der Waals surface area (Å²) in [5, 5.41) is 7.29. The van der Waals surface area contributed by atoms with Crippen LogP contribution in [0.5, 0.6) is 0 Å². The quantitative estimate of drug-likeness (QED) is 0.186. The molecule has 3 heteroatoms. The highest BCUT2D eigenvalue weighted by molar-refractivity contribution is 7.26. The predicted octanol–water partition coefficient (Wildman–Crippen LogP) is 13.9. The average Bonchev–Trinajstić information content (AvgIpc) is 3.75. The van der Waals surface area contributed by atoms with E-state index in [-0.39, 0.29) is 0 Å². The number of benzene rings is 8. The van der Waals surface area contributed by atoms with E-state index >= 15 is 0 Å². The van der Waals surface area contributed by atoms with Crippen LogP contribution in [-0.2, 0) is 0 Å². The molecule has 49 heavy (non-hydrogen) atoms. The SMILES string of the molecule is c1ccc(N(c2ccccc2)c2ccc(-c3cccc4c3sc3cccc(-c5cccc6c5oc5ccccc56)c34)c3ccccc23)cc1. The first-order valence-corrected chi connectivity index (χ1v) is 17.4. The summed E-state index contributed by atoms with van der Waals surface area (Å²) in [5.41, 5.74) is 10.1. The average molecular weight is 644 g/mol. The molecule has 2 heterocycles. The number of furan rings is 1. The van der Waals surface area contributed by atoms with Crippen molar-refractivity contribution in [1.29, 1.82) is 0 Å². The Morgan fingerprint density at radius 1 is 0.388 bits per heavy atom. The lowest BCUT2D eigenvalue weighted by molar-refractivity contribution is 0.670. The Labute approximate surface area is 287 Å². The monoisotopic (exact) mass is 643 g/mol. The molecule has 0 aliphatic heterocycles. The van der Waals surface area contributed by atoms with Gasteiger partial charge in [-0.05, 0) is 59.0 Å². The Hall–Kier alpha value is -6.16. The standard InChI is InChI=1S/C46H29NOS/c1-3-14-30(15-4-1)47(31-16-5-2-6-17-31)41-29-28-33(32-18-7-8-19-34(32)41)39-24-12-25-40-44-36(21-13-27-43(44)49-46(39)40)38-23-11-22-37-35-20-9-10-26-42(35)48-45(37)38/h1-29H. The van der Waals surface area contributed by atoms with Crippen LogP contribution in [0.2, 0.25) is 0 Å². The minimum atomic E-state index is 0.919. The zero-order valence-corrected chi connectivity index (χ0v) is 27.3. The number of hydrogen-bond acceptors (Lipinski definition) is 3. The van der Waals surface area contributed by atoms with E-state index in [1.807, 2.05) is 17.4 Å². The molecule has 0 unspecified atom stereocenters. The van der Waals surface area contributed by atoms with Gasteiger partial charge in [-0.2, -0.15) is 0 Å². The maximum absolute atomic E-state index is 6.51. The molecule has 0 aliphatic carbocycles. The molecule has 0 bridgehead atoms. The van der Waals surface area contributed by atoms with Gasteiger partial charge < -0.3 is 9.32 Å². The fourth-order valence-corrected chi connectivity index (χ4v) is 8.79. The highest BCUT2D eigenvalue weighted by Crippen LogP contribution is 2.48. The normalized spacial score (nSPS) is 11.7. The van der Waals surface area contributed by atoms with Crippen molar-refractivity contribution < 1.29 is 4.42 Å². The van der Waals surface area contributed by atoms with Gasteiger partial charge in [-0.25, -0.2) is 0 Å². The fraction of sp³-hybridized carbons (Fsp3) is 0. The molecule has 2 nitrogen and oxygen atoms in total. The summed E-state index contributed by atoms with van der Waals surface area (Å²) in [4.78, 5) is 2.36. The zero-order valence-electron chi connectivity index (χ0n) is 26.5. The smallest absolute Gasteiger partial charge is 0.143 e. The van der Waals surface area contributed by atoms with E-state index in [2.05, 4.69) is 175 Å². The number of anilines is 3. The Balaban J connectivity index is 1.19. The molecule has 0 N–H and O–H groups in total. The first-order chi connectivity index (χ1) is 24.3. The van der Waals surface area contributed by atoms with Crippen LogP contribution in [0.25, 0.3) is 75.1 Å². The van der Waals surface area contributed by atoms with Gasteiger partial charge in [0.2, 0.25) is 0 Å². The summed E-state index contributed by atoms with van der Waals surface area (Å²) in [7, 11) is 0. The first-order valence-electron chi connectivity index (χ1n) is 16.6. The van der Waals surface area contributed by atoms with Crippen LogP contribution >= 0.6 is 11.3 Å². The molecular formula is C46H29NOS. The van der Waals surface area contributed by atoms with Crippen molar-refractivity contribution >= 4 is 81.3 Å². The largest absolute Gasteiger partial charge is 0.455 e. The van der Waals surface area contributed by atoms with E-state index in [9.17, 15) is 0 Å². The van der Waals surface area contributed by atoms with Crippen molar-refractivity contribution in [2.45, 2.75) is 0 Å². The lowest BCUT2D eigenvalue weighted by Crippen LogP contribution is -2.10. The Morgan fingerprint density at radius 3 is 1.76 bits per heavy atom. The van der Waals surface area contributed by atoms with Gasteiger partial charge in [-0.3, -0.25) is 0 Å². The molecule has 0 fully saturated rings. The number of thiophene rings is 1. The maximum Gasteiger partial charge on any atom is 0.143 e. The van der Waals surface area contributed by atoms with E-state index in [0.717, 1.165) is 44.6 Å². The van der Waals surface area contributed by atoms with Gasteiger partial charge in [0.15, 0.2) is 0 Å². The molecule has 8 aromatic carbocycles. The molecule has 0 saturated heterocycles. The number of para-hydroxylation sites is 4. The van der Waals surface area contributed by atoms with Crippen LogP contribution in [0, 0.1) is 0 Å². The van der Waals surface area contributed by atoms with Crippen LogP contribution in [0.3, 0.4) is 0 Å². The molecule has 10 rings (SSSR count). The van der Waals surface area contributed by atoms with Crippen molar-refractivity contribution in [3.05, 3.63) is 176 Å². The molecule has 0 radical (unpaired) electrons. The molecule has 2 aromatic heterocycles. The van der Waals surface area contributed by atoms with Crippen LogP contribution < -0.4 is 4.90 Å². The molecule has 0 aliphatic rings. The maximum atomic E-state index is 6.51. The van der Waals surface area contributed by atoms with Gasteiger partial charge in [0.25, 0.3) is 0 Å². The minimum absolute atomic E-state index is 0.919. The summed E-state index contributed by atoms with van der Waals surface area (Å²) in [6.45, 7) is 0. The summed E-state index contributed by atoms with van der Waals surface area (Å²) in [5.74, 6) is 0. The summed E-state index contributed by atoms with van der Waals surface area (Å²) < 4.78 is 9.08. The molecule has 10 aromatic rings. The van der Waals surface area contributed by atoms with Crippen molar-refractivity contribution in [1.82, 2.24) is 0 Å². The third-order valence-corrected chi connectivity index (χ3v) is 10.9. The van der Waals surface area contributed by atoms with Crippen LogP contribution in [0.15, 0.2) is 180 Å². The van der Waals surface area contributed by atoms with Gasteiger partial charge in [-0.1, -0.05) is 133 Å². The topological polar surface area (TPSA) is 16.4 Å². The van der Waals surface area contributed by atoms with Crippen molar-refractivity contribution in [3.8, 4) is 22.3 Å². The second kappa shape index (κ2) is 11.2. The van der Waals surface area contributed by atoms with Crippen molar-refractivity contribution in [2.75, 3.05) is 4.90 Å².